The average Bonchev–Trinajstić information content (AvgIpc) is 3.21. The number of morpholine rings is 1. The van der Waals surface area contributed by atoms with Gasteiger partial charge in [0.2, 0.25) is 5.78 Å². The van der Waals surface area contributed by atoms with Crippen LogP contribution in [0.3, 0.4) is 0 Å². The zero-order valence-electron chi connectivity index (χ0n) is 13.8. The Kier molecular flexibility index (Phi) is 5.28. The SMILES string of the molecule is O=C(COC(=O)c1cc(N2CCOCC2)ccc1[N+](=O)[O-])c1ccc[nH]1. The molecular weight excluding hydrogens is 342 g/mol. The number of nitro benzene ring substituents is 1. The molecule has 1 aromatic carbocycles. The lowest BCUT2D eigenvalue weighted by molar-refractivity contribution is -0.385. The second-order valence-corrected chi connectivity index (χ2v) is 5.64. The first-order chi connectivity index (χ1) is 12.6. The molecule has 0 spiro atoms. The van der Waals surface area contributed by atoms with Gasteiger partial charge < -0.3 is 19.4 Å². The molecule has 0 unspecified atom stereocenters. The van der Waals surface area contributed by atoms with Crippen LogP contribution in [-0.2, 0) is 9.47 Å². The van der Waals surface area contributed by atoms with Crippen LogP contribution in [0.4, 0.5) is 11.4 Å². The highest BCUT2D eigenvalue weighted by molar-refractivity contribution is 5.99. The number of anilines is 1. The van der Waals surface area contributed by atoms with E-state index in [4.69, 9.17) is 9.47 Å². The normalized spacial score (nSPS) is 14.1. The molecule has 1 saturated heterocycles. The zero-order valence-corrected chi connectivity index (χ0v) is 13.8. The maximum Gasteiger partial charge on any atom is 0.345 e. The zero-order chi connectivity index (χ0) is 18.5. The van der Waals surface area contributed by atoms with Crippen LogP contribution in [0.1, 0.15) is 20.8 Å². The summed E-state index contributed by atoms with van der Waals surface area (Å²) < 4.78 is 10.3. The second kappa shape index (κ2) is 7.79. The Balaban J connectivity index is 1.77. The van der Waals surface area contributed by atoms with Crippen LogP contribution in [0.15, 0.2) is 36.5 Å². The van der Waals surface area contributed by atoms with Crippen molar-refractivity contribution in [2.24, 2.45) is 0 Å². The number of benzene rings is 1. The lowest BCUT2D eigenvalue weighted by Crippen LogP contribution is -2.36. The van der Waals surface area contributed by atoms with Crippen molar-refractivity contribution in [1.82, 2.24) is 4.98 Å². The third-order valence-electron chi connectivity index (χ3n) is 4.01. The molecule has 3 rings (SSSR count). The van der Waals surface area contributed by atoms with E-state index in [0.29, 0.717) is 37.7 Å². The van der Waals surface area contributed by atoms with Gasteiger partial charge in [-0.25, -0.2) is 4.79 Å². The third-order valence-corrected chi connectivity index (χ3v) is 4.01. The molecule has 2 heterocycles. The van der Waals surface area contributed by atoms with E-state index in [1.807, 2.05) is 4.90 Å². The molecule has 26 heavy (non-hydrogen) atoms. The number of ketones is 1. The number of ether oxygens (including phenoxy) is 2. The molecule has 1 fully saturated rings. The average molecular weight is 359 g/mol. The van der Waals surface area contributed by atoms with Crippen LogP contribution >= 0.6 is 0 Å². The maximum absolute atomic E-state index is 12.3. The van der Waals surface area contributed by atoms with E-state index in [1.54, 1.807) is 24.4 Å². The maximum atomic E-state index is 12.3. The summed E-state index contributed by atoms with van der Waals surface area (Å²) in [4.78, 5) is 39.5. The van der Waals surface area contributed by atoms with Gasteiger partial charge in [0.25, 0.3) is 5.69 Å². The Labute approximate surface area is 148 Å². The first-order valence-corrected chi connectivity index (χ1v) is 8.01. The van der Waals surface area contributed by atoms with Crippen molar-refractivity contribution in [2.45, 2.75) is 0 Å². The van der Waals surface area contributed by atoms with Gasteiger partial charge in [0, 0.05) is 31.0 Å². The summed E-state index contributed by atoms with van der Waals surface area (Å²) >= 11 is 0. The van der Waals surface area contributed by atoms with Crippen molar-refractivity contribution < 1.29 is 24.0 Å². The Morgan fingerprint density at radius 1 is 1.27 bits per heavy atom. The van der Waals surface area contributed by atoms with E-state index in [-0.39, 0.29) is 11.3 Å². The van der Waals surface area contributed by atoms with Gasteiger partial charge in [0.05, 0.1) is 23.8 Å². The summed E-state index contributed by atoms with van der Waals surface area (Å²) in [7, 11) is 0. The molecule has 9 nitrogen and oxygen atoms in total. The Morgan fingerprint density at radius 3 is 2.69 bits per heavy atom. The van der Waals surface area contributed by atoms with Gasteiger partial charge >= 0.3 is 5.97 Å². The molecule has 0 saturated carbocycles. The monoisotopic (exact) mass is 359 g/mol. The molecule has 1 aliphatic rings. The number of hydrogen-bond donors (Lipinski definition) is 1. The third kappa shape index (κ3) is 3.89. The fraction of sp³-hybridized carbons (Fsp3) is 0.294. The number of H-pyrrole nitrogens is 1. The predicted molar refractivity (Wildman–Crippen MR) is 91.5 cm³/mol. The van der Waals surface area contributed by atoms with Gasteiger partial charge in [-0.2, -0.15) is 0 Å². The van der Waals surface area contributed by atoms with Gasteiger partial charge in [0.1, 0.15) is 5.56 Å². The summed E-state index contributed by atoms with van der Waals surface area (Å²) in [5, 5.41) is 11.2. The minimum Gasteiger partial charge on any atom is -0.453 e. The van der Waals surface area contributed by atoms with Crippen LogP contribution in [0.25, 0.3) is 0 Å². The van der Waals surface area contributed by atoms with Crippen LogP contribution in [0, 0.1) is 10.1 Å². The van der Waals surface area contributed by atoms with Crippen molar-refractivity contribution in [3.8, 4) is 0 Å². The van der Waals surface area contributed by atoms with E-state index < -0.39 is 23.3 Å². The Bertz CT molecular complexity index is 812. The molecule has 136 valence electrons. The van der Waals surface area contributed by atoms with Gasteiger partial charge in [0.15, 0.2) is 6.61 Å². The molecular formula is C17H17N3O6. The van der Waals surface area contributed by atoms with E-state index >= 15 is 0 Å². The Morgan fingerprint density at radius 2 is 2.04 bits per heavy atom. The highest BCUT2D eigenvalue weighted by Gasteiger charge is 2.24. The molecule has 9 heteroatoms. The summed E-state index contributed by atoms with van der Waals surface area (Å²) in [5.74, 6) is -1.33. The van der Waals surface area contributed by atoms with Crippen LogP contribution in [0.5, 0.6) is 0 Å². The predicted octanol–water partition coefficient (Wildman–Crippen LogP) is 1.80. The summed E-state index contributed by atoms with van der Waals surface area (Å²) in [6, 6.07) is 7.48. The number of rotatable bonds is 6. The number of aromatic nitrogens is 1. The molecule has 1 N–H and O–H groups in total. The summed E-state index contributed by atoms with van der Waals surface area (Å²) in [6.45, 7) is 1.83. The van der Waals surface area contributed by atoms with Crippen LogP contribution in [0.2, 0.25) is 0 Å². The number of aromatic amines is 1. The fourth-order valence-corrected chi connectivity index (χ4v) is 2.66. The minimum atomic E-state index is -0.910. The molecule has 0 atom stereocenters. The molecule has 0 bridgehead atoms. The van der Waals surface area contributed by atoms with E-state index in [0.717, 1.165) is 0 Å². The molecule has 1 aliphatic heterocycles. The fourth-order valence-electron chi connectivity index (χ4n) is 2.66. The van der Waals surface area contributed by atoms with Crippen molar-refractivity contribution in [2.75, 3.05) is 37.8 Å². The standard InChI is InChI=1S/C17H17N3O6/c21-16(14-2-1-5-18-14)11-26-17(22)13-10-12(3-4-15(13)20(23)24)19-6-8-25-9-7-19/h1-5,10,18H,6-9,11H2. The first-order valence-electron chi connectivity index (χ1n) is 8.01. The molecule has 0 amide bonds. The van der Waals surface area contributed by atoms with Crippen molar-refractivity contribution in [1.29, 1.82) is 0 Å². The number of carbonyl (C=O) groups excluding carboxylic acids is 2. The van der Waals surface area contributed by atoms with Gasteiger partial charge in [-0.15, -0.1) is 0 Å². The minimum absolute atomic E-state index is 0.182. The lowest BCUT2D eigenvalue weighted by Gasteiger charge is -2.29. The molecule has 1 aromatic heterocycles. The number of Topliss-reactive ketones (excluding diaryl/α,β-unsaturated/α-hetero) is 1. The molecule has 0 aliphatic carbocycles. The van der Waals surface area contributed by atoms with Gasteiger partial charge in [-0.1, -0.05) is 0 Å². The number of nitrogens with zero attached hydrogens (tertiary/aromatic N) is 2. The number of esters is 1. The summed E-state index contributed by atoms with van der Waals surface area (Å²) in [5.41, 5.74) is 0.425. The smallest absolute Gasteiger partial charge is 0.345 e. The second-order valence-electron chi connectivity index (χ2n) is 5.64. The number of carbonyl (C=O) groups is 2. The largest absolute Gasteiger partial charge is 0.453 e. The molecule has 2 aromatic rings. The highest BCUT2D eigenvalue weighted by Crippen LogP contribution is 2.26. The van der Waals surface area contributed by atoms with E-state index in [1.165, 1.54) is 12.1 Å². The lowest BCUT2D eigenvalue weighted by atomic mass is 10.1. The topological polar surface area (TPSA) is 115 Å². The molecule has 0 radical (unpaired) electrons. The van der Waals surface area contributed by atoms with E-state index in [9.17, 15) is 19.7 Å². The Hall–Kier alpha value is -3.20. The number of nitro groups is 1. The summed E-state index contributed by atoms with van der Waals surface area (Å²) in [6.07, 6.45) is 1.58. The van der Waals surface area contributed by atoms with Crippen LogP contribution < -0.4 is 4.90 Å². The van der Waals surface area contributed by atoms with Crippen LogP contribution in [-0.4, -0.2) is 54.6 Å². The van der Waals surface area contributed by atoms with Gasteiger partial charge in [-0.05, 0) is 24.3 Å². The van der Waals surface area contributed by atoms with Gasteiger partial charge in [-0.3, -0.25) is 14.9 Å². The van der Waals surface area contributed by atoms with Crippen molar-refractivity contribution in [3.63, 3.8) is 0 Å². The first kappa shape index (κ1) is 17.6. The highest BCUT2D eigenvalue weighted by atomic mass is 16.6. The number of hydrogen-bond acceptors (Lipinski definition) is 7. The quantitative estimate of drug-likeness (QED) is 0.362. The van der Waals surface area contributed by atoms with E-state index in [2.05, 4.69) is 4.98 Å². The van der Waals surface area contributed by atoms with Crippen molar-refractivity contribution in [3.05, 3.63) is 57.9 Å². The van der Waals surface area contributed by atoms with Crippen molar-refractivity contribution >= 4 is 23.1 Å². The number of nitrogens with one attached hydrogen (secondary N) is 1.